The summed E-state index contributed by atoms with van der Waals surface area (Å²) in [6.45, 7) is 3.33. The van der Waals surface area contributed by atoms with Crippen molar-refractivity contribution in [3.05, 3.63) is 23.8 Å². The van der Waals surface area contributed by atoms with Gasteiger partial charge in [0, 0.05) is 25.8 Å². The fourth-order valence-electron chi connectivity index (χ4n) is 1.81. The topological polar surface area (TPSA) is 68.8 Å². The van der Waals surface area contributed by atoms with Crippen molar-refractivity contribution in [1.29, 1.82) is 0 Å². The number of nitrogens with one attached hydrogen (secondary N) is 2. The van der Waals surface area contributed by atoms with Crippen molar-refractivity contribution in [3.63, 3.8) is 0 Å². The quantitative estimate of drug-likeness (QED) is 0.664. The maximum atomic E-state index is 11.8. The Bertz CT molecular complexity index is 451. The summed E-state index contributed by atoms with van der Waals surface area (Å²) in [5.41, 5.74) is 0.938. The van der Waals surface area contributed by atoms with Crippen molar-refractivity contribution >= 4 is 5.91 Å². The minimum atomic E-state index is -0.308. The maximum absolute atomic E-state index is 11.8. The molecule has 0 aromatic heterocycles. The van der Waals surface area contributed by atoms with Crippen LogP contribution in [0.1, 0.15) is 12.5 Å². The van der Waals surface area contributed by atoms with Gasteiger partial charge in [-0.05, 0) is 25.1 Å². The fourth-order valence-corrected chi connectivity index (χ4v) is 1.81. The van der Waals surface area contributed by atoms with E-state index in [1.807, 2.05) is 25.1 Å². The molecule has 0 spiro atoms. The molecule has 0 saturated heterocycles. The number of carbonyl (C=O) groups is 1. The molecule has 0 saturated carbocycles. The van der Waals surface area contributed by atoms with Crippen LogP contribution in [0.5, 0.6) is 11.5 Å². The largest absolute Gasteiger partial charge is 0.497 e. The van der Waals surface area contributed by atoms with Crippen molar-refractivity contribution in [3.8, 4) is 11.5 Å². The lowest BCUT2D eigenvalue weighted by molar-refractivity contribution is -0.122. The highest BCUT2D eigenvalue weighted by atomic mass is 16.5. The van der Waals surface area contributed by atoms with Crippen LogP contribution < -0.4 is 20.1 Å². The average Bonchev–Trinajstić information content (AvgIpc) is 2.52. The fraction of sp³-hybridized carbons (Fsp3) is 0.533. The first-order chi connectivity index (χ1) is 10.1. The van der Waals surface area contributed by atoms with Crippen molar-refractivity contribution in [2.24, 2.45) is 0 Å². The highest BCUT2D eigenvalue weighted by Crippen LogP contribution is 2.23. The molecule has 1 unspecified atom stereocenters. The SMILES string of the molecule is COCCNC(=O)C(C)NCc1cc(OC)ccc1OC. The zero-order valence-electron chi connectivity index (χ0n) is 13.1. The summed E-state index contributed by atoms with van der Waals surface area (Å²) >= 11 is 0. The molecule has 0 bridgehead atoms. The number of amides is 1. The number of methoxy groups -OCH3 is 3. The van der Waals surface area contributed by atoms with E-state index in [9.17, 15) is 4.79 Å². The molecule has 6 heteroatoms. The van der Waals surface area contributed by atoms with Gasteiger partial charge < -0.3 is 24.8 Å². The van der Waals surface area contributed by atoms with Gasteiger partial charge in [0.25, 0.3) is 0 Å². The molecule has 6 nitrogen and oxygen atoms in total. The number of benzene rings is 1. The zero-order chi connectivity index (χ0) is 15.7. The molecule has 2 N–H and O–H groups in total. The minimum absolute atomic E-state index is 0.0612. The Morgan fingerprint density at radius 1 is 1.24 bits per heavy atom. The number of rotatable bonds is 9. The average molecular weight is 296 g/mol. The van der Waals surface area contributed by atoms with Crippen LogP contribution in [0, 0.1) is 0 Å². The summed E-state index contributed by atoms with van der Waals surface area (Å²) in [6.07, 6.45) is 0. The van der Waals surface area contributed by atoms with E-state index in [0.29, 0.717) is 19.7 Å². The highest BCUT2D eigenvalue weighted by molar-refractivity contribution is 5.81. The number of carbonyl (C=O) groups excluding carboxylic acids is 1. The Morgan fingerprint density at radius 3 is 2.62 bits per heavy atom. The van der Waals surface area contributed by atoms with E-state index in [0.717, 1.165) is 17.1 Å². The minimum Gasteiger partial charge on any atom is -0.497 e. The van der Waals surface area contributed by atoms with Crippen LogP contribution in [0.2, 0.25) is 0 Å². The summed E-state index contributed by atoms with van der Waals surface area (Å²) in [6, 6.07) is 5.27. The molecule has 21 heavy (non-hydrogen) atoms. The van der Waals surface area contributed by atoms with Crippen molar-refractivity contribution in [2.75, 3.05) is 34.5 Å². The predicted molar refractivity (Wildman–Crippen MR) is 80.7 cm³/mol. The third-order valence-electron chi connectivity index (χ3n) is 3.08. The van der Waals surface area contributed by atoms with E-state index in [1.165, 1.54) is 0 Å². The third kappa shape index (κ3) is 5.61. The second-order valence-electron chi connectivity index (χ2n) is 4.56. The number of hydrogen-bond donors (Lipinski definition) is 2. The lowest BCUT2D eigenvalue weighted by Gasteiger charge is -2.16. The Morgan fingerprint density at radius 2 is 2.00 bits per heavy atom. The molecule has 1 rings (SSSR count). The van der Waals surface area contributed by atoms with Gasteiger partial charge in [-0.25, -0.2) is 0 Å². The molecule has 0 aliphatic heterocycles. The lowest BCUT2D eigenvalue weighted by Crippen LogP contribution is -2.42. The second kappa shape index (κ2) is 9.20. The van der Waals surface area contributed by atoms with Crippen molar-refractivity contribution in [1.82, 2.24) is 10.6 Å². The lowest BCUT2D eigenvalue weighted by atomic mass is 10.1. The molecular weight excluding hydrogens is 272 g/mol. The normalized spacial score (nSPS) is 11.8. The van der Waals surface area contributed by atoms with E-state index in [1.54, 1.807) is 21.3 Å². The van der Waals surface area contributed by atoms with Crippen molar-refractivity contribution in [2.45, 2.75) is 19.5 Å². The number of hydrogen-bond acceptors (Lipinski definition) is 5. The van der Waals surface area contributed by atoms with E-state index in [2.05, 4.69) is 10.6 Å². The first-order valence-corrected chi connectivity index (χ1v) is 6.83. The first-order valence-electron chi connectivity index (χ1n) is 6.83. The second-order valence-corrected chi connectivity index (χ2v) is 4.56. The van der Waals surface area contributed by atoms with Crippen LogP contribution in [0.15, 0.2) is 18.2 Å². The van der Waals surface area contributed by atoms with E-state index >= 15 is 0 Å². The standard InChI is InChI=1S/C15H24N2O4/c1-11(15(18)16-7-8-19-2)17-10-12-9-13(20-3)5-6-14(12)21-4/h5-6,9,11,17H,7-8,10H2,1-4H3,(H,16,18). The maximum Gasteiger partial charge on any atom is 0.236 e. The predicted octanol–water partition coefficient (Wildman–Crippen LogP) is 0.945. The summed E-state index contributed by atoms with van der Waals surface area (Å²) in [7, 11) is 4.83. The Labute approximate surface area is 125 Å². The molecule has 0 fully saturated rings. The molecule has 0 heterocycles. The van der Waals surface area contributed by atoms with E-state index in [-0.39, 0.29) is 11.9 Å². The van der Waals surface area contributed by atoms with Crippen LogP contribution in [0.3, 0.4) is 0 Å². The van der Waals surface area contributed by atoms with Gasteiger partial charge in [0.05, 0.1) is 26.9 Å². The summed E-state index contributed by atoms with van der Waals surface area (Å²) in [5, 5.41) is 5.95. The van der Waals surface area contributed by atoms with Gasteiger partial charge in [0.2, 0.25) is 5.91 Å². The molecule has 0 aliphatic carbocycles. The number of ether oxygens (including phenoxy) is 3. The molecule has 1 atom stereocenters. The molecule has 118 valence electrons. The van der Waals surface area contributed by atoms with Gasteiger partial charge in [-0.1, -0.05) is 0 Å². The van der Waals surface area contributed by atoms with Gasteiger partial charge in [-0.3, -0.25) is 4.79 Å². The Hall–Kier alpha value is -1.79. The summed E-state index contributed by atoms with van der Waals surface area (Å²) in [4.78, 5) is 11.8. The van der Waals surface area contributed by atoms with Crippen molar-refractivity contribution < 1.29 is 19.0 Å². The first kappa shape index (κ1) is 17.3. The molecular formula is C15H24N2O4. The Kier molecular flexibility index (Phi) is 7.56. The van der Waals surface area contributed by atoms with Gasteiger partial charge in [0.1, 0.15) is 11.5 Å². The summed E-state index contributed by atoms with van der Waals surface area (Å²) < 4.78 is 15.4. The van der Waals surface area contributed by atoms with Gasteiger partial charge in [0.15, 0.2) is 0 Å². The van der Waals surface area contributed by atoms with E-state index < -0.39 is 0 Å². The molecule has 1 aromatic rings. The highest BCUT2D eigenvalue weighted by Gasteiger charge is 2.13. The van der Waals surface area contributed by atoms with Gasteiger partial charge in [-0.15, -0.1) is 0 Å². The van der Waals surface area contributed by atoms with Crippen LogP contribution >= 0.6 is 0 Å². The van der Waals surface area contributed by atoms with Crippen LogP contribution in [-0.4, -0.2) is 46.4 Å². The van der Waals surface area contributed by atoms with Gasteiger partial charge in [-0.2, -0.15) is 0 Å². The monoisotopic (exact) mass is 296 g/mol. The third-order valence-corrected chi connectivity index (χ3v) is 3.08. The summed E-state index contributed by atoms with van der Waals surface area (Å²) in [5.74, 6) is 1.45. The van der Waals surface area contributed by atoms with Crippen LogP contribution in [0.25, 0.3) is 0 Å². The van der Waals surface area contributed by atoms with Crippen LogP contribution in [0.4, 0.5) is 0 Å². The molecule has 1 amide bonds. The molecule has 0 aliphatic rings. The zero-order valence-corrected chi connectivity index (χ0v) is 13.1. The van der Waals surface area contributed by atoms with Gasteiger partial charge >= 0.3 is 0 Å². The molecule has 1 aromatic carbocycles. The smallest absolute Gasteiger partial charge is 0.236 e. The molecule has 0 radical (unpaired) electrons. The van der Waals surface area contributed by atoms with E-state index in [4.69, 9.17) is 14.2 Å². The van der Waals surface area contributed by atoms with Crippen LogP contribution in [-0.2, 0) is 16.1 Å². The Balaban J connectivity index is 2.55.